The van der Waals surface area contributed by atoms with Crippen molar-refractivity contribution in [2.75, 3.05) is 14.1 Å². The van der Waals surface area contributed by atoms with Crippen molar-refractivity contribution in [2.45, 2.75) is 11.8 Å². The van der Waals surface area contributed by atoms with E-state index in [0.717, 1.165) is 4.31 Å². The molecule has 0 aliphatic heterocycles. The number of carboxylic acids is 1. The first-order valence-electron chi connectivity index (χ1n) is 6.10. The molecule has 0 saturated carbocycles. The monoisotopic (exact) mass is 309 g/mol. The van der Waals surface area contributed by atoms with E-state index in [4.69, 9.17) is 9.52 Å². The van der Waals surface area contributed by atoms with E-state index in [1.54, 1.807) is 19.1 Å². The van der Waals surface area contributed by atoms with Crippen LogP contribution in [0.1, 0.15) is 16.1 Å². The quantitative estimate of drug-likeness (QED) is 0.935. The van der Waals surface area contributed by atoms with Gasteiger partial charge in [0.15, 0.2) is 0 Å². The van der Waals surface area contributed by atoms with Crippen LogP contribution in [0.2, 0.25) is 0 Å². The lowest BCUT2D eigenvalue weighted by atomic mass is 10.1. The van der Waals surface area contributed by atoms with E-state index >= 15 is 0 Å². The lowest BCUT2D eigenvalue weighted by Crippen LogP contribution is -2.22. The third kappa shape index (κ3) is 2.84. The topological polar surface area (TPSA) is 87.8 Å². The molecule has 0 spiro atoms. The van der Waals surface area contributed by atoms with Gasteiger partial charge in [-0.1, -0.05) is 0 Å². The largest absolute Gasteiger partial charge is 0.478 e. The Labute approximate surface area is 122 Å². The van der Waals surface area contributed by atoms with Crippen molar-refractivity contribution in [2.24, 2.45) is 0 Å². The molecule has 7 heteroatoms. The molecule has 0 aliphatic carbocycles. The number of carboxylic acid groups (broad SMARTS) is 1. The highest BCUT2D eigenvalue weighted by molar-refractivity contribution is 7.89. The summed E-state index contributed by atoms with van der Waals surface area (Å²) in [5.41, 5.74) is 0.707. The molecule has 0 radical (unpaired) electrons. The van der Waals surface area contributed by atoms with Crippen molar-refractivity contribution in [3.63, 3.8) is 0 Å². The van der Waals surface area contributed by atoms with Crippen LogP contribution in [0.4, 0.5) is 0 Å². The number of aryl methyl sites for hydroxylation is 1. The average Bonchev–Trinajstić information content (AvgIpc) is 2.81. The Bertz CT molecular complexity index is 772. The summed E-state index contributed by atoms with van der Waals surface area (Å²) in [6.45, 7) is 1.57. The van der Waals surface area contributed by atoms with Crippen LogP contribution in [0.5, 0.6) is 0 Å². The molecule has 1 aromatic heterocycles. The Morgan fingerprint density at radius 3 is 2.19 bits per heavy atom. The molecule has 1 heterocycles. The van der Waals surface area contributed by atoms with E-state index in [9.17, 15) is 13.2 Å². The second-order valence-corrected chi connectivity index (χ2v) is 6.85. The van der Waals surface area contributed by atoms with Gasteiger partial charge in [0.1, 0.15) is 17.1 Å². The molecule has 1 N–H and O–H groups in total. The SMILES string of the molecule is Cc1oc(-c2ccc(S(=O)(=O)N(C)C)cc2)cc1C(=O)O. The molecule has 112 valence electrons. The van der Waals surface area contributed by atoms with Gasteiger partial charge in [0.25, 0.3) is 0 Å². The zero-order valence-corrected chi connectivity index (χ0v) is 12.6. The number of hydrogen-bond donors (Lipinski definition) is 1. The van der Waals surface area contributed by atoms with Crippen LogP contribution in [-0.4, -0.2) is 37.9 Å². The molecule has 0 amide bonds. The van der Waals surface area contributed by atoms with Crippen LogP contribution in [0.25, 0.3) is 11.3 Å². The molecule has 0 fully saturated rings. The van der Waals surface area contributed by atoms with E-state index in [1.807, 2.05) is 0 Å². The molecule has 6 nitrogen and oxygen atoms in total. The third-order valence-corrected chi connectivity index (χ3v) is 4.89. The van der Waals surface area contributed by atoms with Crippen molar-refractivity contribution in [3.8, 4) is 11.3 Å². The Kier molecular flexibility index (Phi) is 3.89. The van der Waals surface area contributed by atoms with Crippen molar-refractivity contribution in [3.05, 3.63) is 41.7 Å². The van der Waals surface area contributed by atoms with Crippen LogP contribution < -0.4 is 0 Å². The molecule has 0 atom stereocenters. The van der Waals surface area contributed by atoms with Gasteiger partial charge >= 0.3 is 5.97 Å². The van der Waals surface area contributed by atoms with Crippen LogP contribution in [0, 0.1) is 6.92 Å². The number of carbonyl (C=O) groups is 1. The van der Waals surface area contributed by atoms with E-state index in [2.05, 4.69) is 0 Å². The van der Waals surface area contributed by atoms with Gasteiger partial charge in [-0.2, -0.15) is 0 Å². The second kappa shape index (κ2) is 5.34. The highest BCUT2D eigenvalue weighted by Gasteiger charge is 2.18. The fraction of sp³-hybridized carbons (Fsp3) is 0.214. The standard InChI is InChI=1S/C14H15NO5S/c1-9-12(14(16)17)8-13(20-9)10-4-6-11(7-5-10)21(18,19)15(2)3/h4-8H,1-3H3,(H,16,17). The lowest BCUT2D eigenvalue weighted by molar-refractivity contribution is 0.0695. The first-order valence-corrected chi connectivity index (χ1v) is 7.54. The van der Waals surface area contributed by atoms with E-state index in [0.29, 0.717) is 17.1 Å². The second-order valence-electron chi connectivity index (χ2n) is 4.70. The number of rotatable bonds is 4. The summed E-state index contributed by atoms with van der Waals surface area (Å²) < 4.78 is 30.4. The maximum atomic E-state index is 12.0. The molecule has 0 bridgehead atoms. The smallest absolute Gasteiger partial charge is 0.339 e. The third-order valence-electron chi connectivity index (χ3n) is 3.07. The van der Waals surface area contributed by atoms with E-state index in [-0.39, 0.29) is 10.5 Å². The van der Waals surface area contributed by atoms with Crippen LogP contribution in [-0.2, 0) is 10.0 Å². The maximum absolute atomic E-state index is 12.0. The first kappa shape index (κ1) is 15.3. The maximum Gasteiger partial charge on any atom is 0.339 e. The Hall–Kier alpha value is -2.12. The molecule has 0 saturated heterocycles. The first-order chi connectivity index (χ1) is 9.73. The van der Waals surface area contributed by atoms with Gasteiger partial charge in [-0.05, 0) is 37.3 Å². The Morgan fingerprint density at radius 2 is 1.76 bits per heavy atom. The molecule has 0 aliphatic rings. The number of nitrogens with zero attached hydrogens (tertiary/aromatic N) is 1. The minimum absolute atomic E-state index is 0.0926. The molecule has 2 aromatic rings. The lowest BCUT2D eigenvalue weighted by Gasteiger charge is -2.11. The van der Waals surface area contributed by atoms with Crippen molar-refractivity contribution in [1.29, 1.82) is 0 Å². The van der Waals surface area contributed by atoms with Gasteiger partial charge in [-0.25, -0.2) is 17.5 Å². The van der Waals surface area contributed by atoms with Crippen molar-refractivity contribution >= 4 is 16.0 Å². The fourth-order valence-electron chi connectivity index (χ4n) is 1.84. The van der Waals surface area contributed by atoms with Gasteiger partial charge in [0.2, 0.25) is 10.0 Å². The van der Waals surface area contributed by atoms with E-state index in [1.165, 1.54) is 32.3 Å². The fourth-order valence-corrected chi connectivity index (χ4v) is 2.74. The van der Waals surface area contributed by atoms with E-state index < -0.39 is 16.0 Å². The molecule has 0 unspecified atom stereocenters. The van der Waals surface area contributed by atoms with Crippen molar-refractivity contribution in [1.82, 2.24) is 4.31 Å². The molecular weight excluding hydrogens is 294 g/mol. The summed E-state index contributed by atoms with van der Waals surface area (Å²) in [7, 11) is -0.570. The zero-order valence-electron chi connectivity index (χ0n) is 11.8. The molecule has 2 rings (SSSR count). The number of hydrogen-bond acceptors (Lipinski definition) is 4. The summed E-state index contributed by atoms with van der Waals surface area (Å²) >= 11 is 0. The molecule has 21 heavy (non-hydrogen) atoms. The Morgan fingerprint density at radius 1 is 1.19 bits per heavy atom. The molecular formula is C14H15NO5S. The molecule has 1 aromatic carbocycles. The summed E-state index contributed by atoms with van der Waals surface area (Å²) in [5.74, 6) is -0.365. The Balaban J connectivity index is 2.40. The summed E-state index contributed by atoms with van der Waals surface area (Å²) in [4.78, 5) is 11.1. The minimum atomic E-state index is -3.48. The minimum Gasteiger partial charge on any atom is -0.478 e. The number of sulfonamides is 1. The number of benzene rings is 1. The van der Waals surface area contributed by atoms with Crippen LogP contribution >= 0.6 is 0 Å². The van der Waals surface area contributed by atoms with Crippen LogP contribution in [0.3, 0.4) is 0 Å². The highest BCUT2D eigenvalue weighted by atomic mass is 32.2. The number of furan rings is 1. The highest BCUT2D eigenvalue weighted by Crippen LogP contribution is 2.26. The van der Waals surface area contributed by atoms with Crippen molar-refractivity contribution < 1.29 is 22.7 Å². The van der Waals surface area contributed by atoms with Gasteiger partial charge in [0.05, 0.1) is 4.90 Å². The average molecular weight is 309 g/mol. The van der Waals surface area contributed by atoms with Gasteiger partial charge < -0.3 is 9.52 Å². The number of aromatic carboxylic acids is 1. The van der Waals surface area contributed by atoms with Crippen LogP contribution in [0.15, 0.2) is 39.6 Å². The normalized spacial score (nSPS) is 11.8. The zero-order chi connectivity index (χ0) is 15.8. The predicted octanol–water partition coefficient (Wildman–Crippen LogP) is 2.20. The summed E-state index contributed by atoms with van der Waals surface area (Å²) in [5, 5.41) is 8.99. The predicted molar refractivity (Wildman–Crippen MR) is 76.7 cm³/mol. The summed E-state index contributed by atoms with van der Waals surface area (Å²) in [6.07, 6.45) is 0. The van der Waals surface area contributed by atoms with Gasteiger partial charge in [-0.3, -0.25) is 0 Å². The summed E-state index contributed by atoms with van der Waals surface area (Å²) in [6, 6.07) is 7.51. The van der Waals surface area contributed by atoms with Gasteiger partial charge in [-0.15, -0.1) is 0 Å². The van der Waals surface area contributed by atoms with Gasteiger partial charge in [0, 0.05) is 19.7 Å².